The molecule has 0 radical (unpaired) electrons. The van der Waals surface area contributed by atoms with Crippen LogP contribution in [0.15, 0.2) is 59.2 Å². The van der Waals surface area contributed by atoms with Crippen molar-refractivity contribution in [3.8, 4) is 0 Å². The Kier molecular flexibility index (Phi) is 4.65. The zero-order chi connectivity index (χ0) is 15.5. The first kappa shape index (κ1) is 15.3. The van der Waals surface area contributed by atoms with E-state index in [-0.39, 0.29) is 0 Å². The number of likely N-dealkylation sites (N-methyl/N-ethyl adjacent to an activating group) is 1. The third-order valence-electron chi connectivity index (χ3n) is 4.00. The molecule has 0 fully saturated rings. The van der Waals surface area contributed by atoms with Crippen LogP contribution in [0.1, 0.15) is 11.1 Å². The molecule has 0 bridgehead atoms. The summed E-state index contributed by atoms with van der Waals surface area (Å²) in [6.45, 7) is 1.97. The van der Waals surface area contributed by atoms with E-state index in [1.165, 1.54) is 26.5 Å². The molecule has 0 amide bonds. The molecular weight excluding hydrogens is 336 g/mol. The SMILES string of the molecule is CN(C)CCc1cn(Cc2ccccc2Br)c2ccccc12. The molecule has 0 saturated heterocycles. The molecule has 114 valence electrons. The van der Waals surface area contributed by atoms with Crippen LogP contribution in [0.4, 0.5) is 0 Å². The molecule has 1 aromatic heterocycles. The first-order valence-electron chi connectivity index (χ1n) is 7.60. The quantitative estimate of drug-likeness (QED) is 0.650. The third kappa shape index (κ3) is 3.26. The lowest BCUT2D eigenvalue weighted by Crippen LogP contribution is -2.14. The lowest BCUT2D eigenvalue weighted by Gasteiger charge is -2.08. The molecule has 22 heavy (non-hydrogen) atoms. The highest BCUT2D eigenvalue weighted by Crippen LogP contribution is 2.25. The van der Waals surface area contributed by atoms with Gasteiger partial charge in [-0.05, 0) is 43.8 Å². The summed E-state index contributed by atoms with van der Waals surface area (Å²) >= 11 is 3.65. The largest absolute Gasteiger partial charge is 0.343 e. The summed E-state index contributed by atoms with van der Waals surface area (Å²) in [5.74, 6) is 0. The topological polar surface area (TPSA) is 8.17 Å². The van der Waals surface area contributed by atoms with E-state index in [2.05, 4.69) is 94.2 Å². The number of nitrogens with zero attached hydrogens (tertiary/aromatic N) is 2. The molecule has 0 N–H and O–H groups in total. The highest BCUT2D eigenvalue weighted by molar-refractivity contribution is 9.10. The molecule has 0 aliphatic rings. The van der Waals surface area contributed by atoms with Gasteiger partial charge in [0.25, 0.3) is 0 Å². The van der Waals surface area contributed by atoms with E-state index >= 15 is 0 Å². The maximum atomic E-state index is 3.65. The summed E-state index contributed by atoms with van der Waals surface area (Å²) in [5.41, 5.74) is 4.05. The number of hydrogen-bond donors (Lipinski definition) is 0. The van der Waals surface area contributed by atoms with Gasteiger partial charge in [0.2, 0.25) is 0 Å². The van der Waals surface area contributed by atoms with Crippen molar-refractivity contribution in [1.29, 1.82) is 0 Å². The van der Waals surface area contributed by atoms with Gasteiger partial charge in [-0.3, -0.25) is 0 Å². The maximum absolute atomic E-state index is 3.65. The summed E-state index contributed by atoms with van der Waals surface area (Å²) in [6.07, 6.45) is 3.39. The van der Waals surface area contributed by atoms with E-state index in [4.69, 9.17) is 0 Å². The van der Waals surface area contributed by atoms with Crippen LogP contribution < -0.4 is 0 Å². The predicted octanol–water partition coefficient (Wildman–Crippen LogP) is 4.56. The van der Waals surface area contributed by atoms with E-state index in [1.54, 1.807) is 0 Å². The van der Waals surface area contributed by atoms with Gasteiger partial charge in [0.05, 0.1) is 0 Å². The zero-order valence-corrected chi connectivity index (χ0v) is 14.7. The van der Waals surface area contributed by atoms with E-state index in [0.717, 1.165) is 19.5 Å². The molecular formula is C19H21BrN2. The van der Waals surface area contributed by atoms with Crippen LogP contribution in [-0.4, -0.2) is 30.1 Å². The molecule has 3 heteroatoms. The Balaban J connectivity index is 1.97. The average molecular weight is 357 g/mol. The zero-order valence-electron chi connectivity index (χ0n) is 13.1. The van der Waals surface area contributed by atoms with E-state index in [9.17, 15) is 0 Å². The highest BCUT2D eigenvalue weighted by atomic mass is 79.9. The minimum Gasteiger partial charge on any atom is -0.343 e. The summed E-state index contributed by atoms with van der Waals surface area (Å²) in [4.78, 5) is 2.24. The van der Waals surface area contributed by atoms with Crippen molar-refractivity contribution in [3.63, 3.8) is 0 Å². The van der Waals surface area contributed by atoms with Crippen molar-refractivity contribution in [2.45, 2.75) is 13.0 Å². The summed E-state index contributed by atoms with van der Waals surface area (Å²) in [5, 5.41) is 1.37. The van der Waals surface area contributed by atoms with Crippen LogP contribution in [0, 0.1) is 0 Å². The molecule has 3 aromatic rings. The number of halogens is 1. The van der Waals surface area contributed by atoms with Gasteiger partial charge in [-0.25, -0.2) is 0 Å². The molecule has 0 saturated carbocycles. The number of fused-ring (bicyclic) bond motifs is 1. The molecule has 3 rings (SSSR count). The first-order chi connectivity index (χ1) is 10.6. The maximum Gasteiger partial charge on any atom is 0.0487 e. The molecule has 0 aliphatic heterocycles. The van der Waals surface area contributed by atoms with Crippen LogP contribution in [0.3, 0.4) is 0 Å². The van der Waals surface area contributed by atoms with Crippen LogP contribution >= 0.6 is 15.9 Å². The Morgan fingerprint density at radius 3 is 2.45 bits per heavy atom. The van der Waals surface area contributed by atoms with Crippen molar-refractivity contribution in [1.82, 2.24) is 9.47 Å². The van der Waals surface area contributed by atoms with Gasteiger partial charge >= 0.3 is 0 Å². The first-order valence-corrected chi connectivity index (χ1v) is 8.39. The van der Waals surface area contributed by atoms with E-state index in [0.29, 0.717) is 0 Å². The molecule has 1 heterocycles. The number of rotatable bonds is 5. The molecule has 0 unspecified atom stereocenters. The van der Waals surface area contributed by atoms with Gasteiger partial charge in [0.15, 0.2) is 0 Å². The number of benzene rings is 2. The fourth-order valence-electron chi connectivity index (χ4n) is 2.81. The van der Waals surface area contributed by atoms with E-state index < -0.39 is 0 Å². The van der Waals surface area contributed by atoms with E-state index in [1.807, 2.05) is 0 Å². The Morgan fingerprint density at radius 2 is 1.68 bits per heavy atom. The highest BCUT2D eigenvalue weighted by Gasteiger charge is 2.09. The van der Waals surface area contributed by atoms with Crippen molar-refractivity contribution >= 4 is 26.8 Å². The van der Waals surface area contributed by atoms with Crippen molar-refractivity contribution in [2.24, 2.45) is 0 Å². The summed E-state index contributed by atoms with van der Waals surface area (Å²) in [7, 11) is 4.25. The second-order valence-electron chi connectivity index (χ2n) is 5.94. The predicted molar refractivity (Wildman–Crippen MR) is 97.4 cm³/mol. The Hall–Kier alpha value is -1.58. The fourth-order valence-corrected chi connectivity index (χ4v) is 3.22. The van der Waals surface area contributed by atoms with Gasteiger partial charge in [0, 0.05) is 34.7 Å². The average Bonchev–Trinajstić information content (AvgIpc) is 2.86. The van der Waals surface area contributed by atoms with Gasteiger partial charge in [-0.15, -0.1) is 0 Å². The van der Waals surface area contributed by atoms with Gasteiger partial charge in [0.1, 0.15) is 0 Å². The van der Waals surface area contributed by atoms with Crippen LogP contribution in [0.5, 0.6) is 0 Å². The molecule has 0 spiro atoms. The van der Waals surface area contributed by atoms with Crippen molar-refractivity contribution < 1.29 is 0 Å². The Bertz CT molecular complexity index is 774. The van der Waals surface area contributed by atoms with Crippen LogP contribution in [-0.2, 0) is 13.0 Å². The second-order valence-corrected chi connectivity index (χ2v) is 6.80. The van der Waals surface area contributed by atoms with Crippen molar-refractivity contribution in [3.05, 3.63) is 70.3 Å². The van der Waals surface area contributed by atoms with Crippen LogP contribution in [0.2, 0.25) is 0 Å². The standard InChI is InChI=1S/C19H21BrN2/c1-21(2)12-11-15-13-22(19-10-6-4-8-17(15)19)14-16-7-3-5-9-18(16)20/h3-10,13H,11-12,14H2,1-2H3. The summed E-state index contributed by atoms with van der Waals surface area (Å²) in [6, 6.07) is 17.1. The Morgan fingerprint density at radius 1 is 0.955 bits per heavy atom. The Labute approximate surface area is 140 Å². The molecule has 0 atom stereocenters. The van der Waals surface area contributed by atoms with Crippen LogP contribution in [0.25, 0.3) is 10.9 Å². The summed E-state index contributed by atoms with van der Waals surface area (Å²) < 4.78 is 3.53. The van der Waals surface area contributed by atoms with Gasteiger partial charge in [-0.1, -0.05) is 52.3 Å². The minimum absolute atomic E-state index is 0.893. The normalized spacial score (nSPS) is 11.5. The second kappa shape index (κ2) is 6.67. The van der Waals surface area contributed by atoms with Crippen molar-refractivity contribution in [2.75, 3.05) is 20.6 Å². The number of para-hydroxylation sites is 1. The molecule has 2 aromatic carbocycles. The molecule has 2 nitrogen and oxygen atoms in total. The lowest BCUT2D eigenvalue weighted by molar-refractivity contribution is 0.414. The van der Waals surface area contributed by atoms with Gasteiger partial charge < -0.3 is 9.47 Å². The number of aromatic nitrogens is 1. The molecule has 0 aliphatic carbocycles. The fraction of sp³-hybridized carbons (Fsp3) is 0.263. The lowest BCUT2D eigenvalue weighted by atomic mass is 10.1. The number of hydrogen-bond acceptors (Lipinski definition) is 1. The van der Waals surface area contributed by atoms with Gasteiger partial charge in [-0.2, -0.15) is 0 Å². The third-order valence-corrected chi connectivity index (χ3v) is 4.77. The smallest absolute Gasteiger partial charge is 0.0487 e. The minimum atomic E-state index is 0.893. The monoisotopic (exact) mass is 356 g/mol.